The molecule has 0 aliphatic carbocycles. The second-order valence-electron chi connectivity index (χ2n) is 8.45. The molecule has 2 heterocycles. The molecule has 2 aliphatic heterocycles. The number of alkyl carbamates (subject to hydrolysis) is 1. The Morgan fingerprint density at radius 2 is 1.79 bits per heavy atom. The summed E-state index contributed by atoms with van der Waals surface area (Å²) in [7, 11) is 0. The van der Waals surface area contributed by atoms with Gasteiger partial charge in [0.1, 0.15) is 11.4 Å². The Bertz CT molecular complexity index is 1090. The topological polar surface area (TPSA) is 78.9 Å². The molecule has 2 fully saturated rings. The lowest BCUT2D eigenvalue weighted by molar-refractivity contribution is -0.262. The van der Waals surface area contributed by atoms with Gasteiger partial charge in [-0.2, -0.15) is 13.2 Å². The average Bonchev–Trinajstić information content (AvgIpc) is 2.79. The average molecular weight is 501 g/mol. The van der Waals surface area contributed by atoms with E-state index < -0.39 is 46.7 Å². The number of likely N-dealkylation sites (tertiary alicyclic amines) is 1. The van der Waals surface area contributed by atoms with Crippen molar-refractivity contribution in [2.45, 2.75) is 36.1 Å². The fraction of sp³-hybridized carbons (Fsp3) is 0.391. The second-order valence-corrected chi connectivity index (χ2v) is 8.89. The first-order valence-electron chi connectivity index (χ1n) is 10.5. The Hall–Kier alpha value is -2.85. The van der Waals surface area contributed by atoms with Gasteiger partial charge in [-0.05, 0) is 29.8 Å². The lowest BCUT2D eigenvalue weighted by Crippen LogP contribution is -2.62. The molecule has 1 spiro atoms. The number of aliphatic hydroxyl groups is 1. The van der Waals surface area contributed by atoms with Crippen molar-refractivity contribution >= 4 is 23.6 Å². The van der Waals surface area contributed by atoms with Crippen molar-refractivity contribution in [1.82, 2.24) is 10.2 Å². The number of ether oxygens (including phenoxy) is 1. The van der Waals surface area contributed by atoms with Gasteiger partial charge in [-0.15, -0.1) is 0 Å². The Labute approximate surface area is 197 Å². The lowest BCUT2D eigenvalue weighted by Gasteiger charge is -2.49. The number of halogens is 5. The number of hydrogen-bond acceptors (Lipinski definition) is 4. The Balaban J connectivity index is 1.60. The molecule has 0 saturated carbocycles. The quantitative estimate of drug-likeness (QED) is 0.622. The fourth-order valence-corrected chi connectivity index (χ4v) is 4.86. The van der Waals surface area contributed by atoms with Gasteiger partial charge in [-0.3, -0.25) is 4.79 Å². The molecule has 0 radical (unpaired) electrons. The van der Waals surface area contributed by atoms with Gasteiger partial charge in [0.2, 0.25) is 0 Å². The second kappa shape index (κ2) is 8.74. The molecule has 2 N–H and O–H groups in total. The smallest absolute Gasteiger partial charge is 0.430 e. The number of alkyl halides is 3. The van der Waals surface area contributed by atoms with E-state index in [1.807, 2.05) is 0 Å². The number of carbonyl (C=O) groups excluding carboxylic acids is 2. The van der Waals surface area contributed by atoms with Crippen LogP contribution in [0, 0.1) is 5.82 Å². The van der Waals surface area contributed by atoms with E-state index >= 15 is 0 Å². The molecule has 34 heavy (non-hydrogen) atoms. The monoisotopic (exact) mass is 500 g/mol. The first kappa shape index (κ1) is 24.3. The van der Waals surface area contributed by atoms with Gasteiger partial charge in [-0.1, -0.05) is 35.9 Å². The largest absolute Gasteiger partial charge is 0.442 e. The molecule has 2 atom stereocenters. The zero-order valence-electron chi connectivity index (χ0n) is 17.7. The van der Waals surface area contributed by atoms with Crippen LogP contribution in [0.2, 0.25) is 5.02 Å². The maximum absolute atomic E-state index is 14.0. The van der Waals surface area contributed by atoms with Gasteiger partial charge >= 0.3 is 12.3 Å². The molecule has 2 aromatic rings. The first-order chi connectivity index (χ1) is 16.0. The number of rotatable bonds is 3. The Kier molecular flexibility index (Phi) is 6.24. The SMILES string of the molecule is O=C1NCC(c2ccc(F)cc2)C2(CCN(C(=O)[C@](O)(c3cccc(Cl)c3)C(F)(F)F)CC2)O1. The maximum atomic E-state index is 14.0. The number of hydrogen-bond donors (Lipinski definition) is 2. The lowest BCUT2D eigenvalue weighted by atomic mass is 9.74. The Morgan fingerprint density at radius 1 is 1.15 bits per heavy atom. The van der Waals surface area contributed by atoms with E-state index in [9.17, 15) is 32.3 Å². The summed E-state index contributed by atoms with van der Waals surface area (Å²) in [4.78, 5) is 26.0. The van der Waals surface area contributed by atoms with Crippen molar-refractivity contribution in [2.75, 3.05) is 19.6 Å². The fourth-order valence-electron chi connectivity index (χ4n) is 4.67. The van der Waals surface area contributed by atoms with Gasteiger partial charge in [0.15, 0.2) is 0 Å². The number of nitrogens with one attached hydrogen (secondary N) is 1. The molecule has 11 heteroatoms. The zero-order valence-corrected chi connectivity index (χ0v) is 18.5. The molecule has 2 aromatic carbocycles. The molecule has 182 valence electrons. The van der Waals surface area contributed by atoms with E-state index in [4.69, 9.17) is 16.3 Å². The van der Waals surface area contributed by atoms with Gasteiger partial charge in [0, 0.05) is 49.0 Å². The molecule has 6 nitrogen and oxygen atoms in total. The summed E-state index contributed by atoms with van der Waals surface area (Å²) in [6.07, 6.45) is -5.90. The number of carbonyl (C=O) groups is 2. The van der Waals surface area contributed by atoms with Gasteiger partial charge in [0.25, 0.3) is 11.5 Å². The maximum Gasteiger partial charge on any atom is 0.430 e. The molecular weight excluding hydrogens is 480 g/mol. The third-order valence-corrected chi connectivity index (χ3v) is 6.75. The predicted octanol–water partition coefficient (Wildman–Crippen LogP) is 4.11. The minimum atomic E-state index is -5.30. The van der Waals surface area contributed by atoms with Crippen LogP contribution in [-0.4, -0.2) is 53.4 Å². The van der Waals surface area contributed by atoms with Crippen LogP contribution in [0.15, 0.2) is 48.5 Å². The van der Waals surface area contributed by atoms with Crippen molar-refractivity contribution < 1.29 is 37.0 Å². The van der Waals surface area contributed by atoms with Crippen LogP contribution in [-0.2, 0) is 15.1 Å². The van der Waals surface area contributed by atoms with Crippen LogP contribution in [0.1, 0.15) is 29.9 Å². The first-order valence-corrected chi connectivity index (χ1v) is 10.9. The molecular formula is C23H21ClF4N2O4. The van der Waals surface area contributed by atoms with Gasteiger partial charge in [0.05, 0.1) is 0 Å². The van der Waals surface area contributed by atoms with E-state index in [0.717, 1.165) is 17.0 Å². The van der Waals surface area contributed by atoms with Gasteiger partial charge in [-0.25, -0.2) is 9.18 Å². The Morgan fingerprint density at radius 3 is 2.38 bits per heavy atom. The minimum absolute atomic E-state index is 0.0394. The van der Waals surface area contributed by atoms with Crippen molar-refractivity contribution in [3.05, 3.63) is 70.5 Å². The van der Waals surface area contributed by atoms with E-state index in [-0.39, 0.29) is 37.5 Å². The van der Waals surface area contributed by atoms with Crippen LogP contribution in [0.5, 0.6) is 0 Å². The standard InChI is InChI=1S/C23H21ClF4N2O4/c24-16-3-1-2-15(12-16)22(33,23(26,27)28)19(31)30-10-8-21(9-11-30)18(13-29-20(32)34-21)14-4-6-17(25)7-5-14/h1-7,12,18,33H,8-11,13H2,(H,29,32)/t18?,22-/m1/s1. The summed E-state index contributed by atoms with van der Waals surface area (Å²) in [5, 5.41) is 13.2. The van der Waals surface area contributed by atoms with E-state index in [1.54, 1.807) is 12.1 Å². The van der Waals surface area contributed by atoms with Crippen LogP contribution >= 0.6 is 11.6 Å². The number of nitrogens with zero attached hydrogens (tertiary/aromatic N) is 1. The third-order valence-electron chi connectivity index (χ3n) is 6.51. The molecule has 0 aromatic heterocycles. The number of benzene rings is 2. The molecule has 0 bridgehead atoms. The summed E-state index contributed by atoms with van der Waals surface area (Å²) in [5.41, 5.74) is -4.88. The van der Waals surface area contributed by atoms with Crippen LogP contribution in [0.3, 0.4) is 0 Å². The summed E-state index contributed by atoms with van der Waals surface area (Å²) < 4.78 is 61.0. The van der Waals surface area contributed by atoms with E-state index in [1.165, 1.54) is 24.3 Å². The van der Waals surface area contributed by atoms with E-state index in [2.05, 4.69) is 5.32 Å². The van der Waals surface area contributed by atoms with Crippen LogP contribution < -0.4 is 5.32 Å². The number of amides is 2. The summed E-state index contributed by atoms with van der Waals surface area (Å²) >= 11 is 5.81. The highest BCUT2D eigenvalue weighted by atomic mass is 35.5. The third kappa shape index (κ3) is 4.20. The van der Waals surface area contributed by atoms with Crippen molar-refractivity contribution in [2.24, 2.45) is 0 Å². The molecule has 2 amide bonds. The molecule has 4 rings (SSSR count). The summed E-state index contributed by atoms with van der Waals surface area (Å²) in [5.74, 6) is -2.38. The summed E-state index contributed by atoms with van der Waals surface area (Å²) in [6.45, 7) is -0.195. The predicted molar refractivity (Wildman–Crippen MR) is 114 cm³/mol. The van der Waals surface area contributed by atoms with Crippen molar-refractivity contribution in [3.63, 3.8) is 0 Å². The normalized spacial score (nSPS) is 22.0. The highest BCUT2D eigenvalue weighted by Crippen LogP contribution is 2.45. The summed E-state index contributed by atoms with van der Waals surface area (Å²) in [6, 6.07) is 10.1. The molecule has 1 unspecified atom stereocenters. The van der Waals surface area contributed by atoms with Crippen molar-refractivity contribution in [1.29, 1.82) is 0 Å². The van der Waals surface area contributed by atoms with E-state index in [0.29, 0.717) is 5.56 Å². The van der Waals surface area contributed by atoms with Crippen LogP contribution in [0.4, 0.5) is 22.4 Å². The minimum Gasteiger partial charge on any atom is -0.442 e. The highest BCUT2D eigenvalue weighted by Gasteiger charge is 2.63. The van der Waals surface area contributed by atoms with Gasteiger partial charge < -0.3 is 20.1 Å². The number of piperidine rings is 1. The molecule has 2 saturated heterocycles. The molecule has 2 aliphatic rings. The highest BCUT2D eigenvalue weighted by molar-refractivity contribution is 6.30. The zero-order chi connectivity index (χ0) is 24.7. The van der Waals surface area contributed by atoms with Crippen LogP contribution in [0.25, 0.3) is 0 Å². The van der Waals surface area contributed by atoms with Crippen molar-refractivity contribution in [3.8, 4) is 0 Å².